The van der Waals surface area contributed by atoms with Gasteiger partial charge in [-0.05, 0) is 49.4 Å². The Balaban J connectivity index is 2.21. The first-order valence-electron chi connectivity index (χ1n) is 8.61. The van der Waals surface area contributed by atoms with Crippen LogP contribution in [0.1, 0.15) is 70.1 Å². The maximum absolute atomic E-state index is 10.2. The fourth-order valence-electron chi connectivity index (χ4n) is 2.55. The highest BCUT2D eigenvalue weighted by Gasteiger charge is 2.07. The molecule has 0 amide bonds. The molecule has 1 rings (SSSR count). The van der Waals surface area contributed by atoms with E-state index in [-0.39, 0.29) is 6.10 Å². The van der Waals surface area contributed by atoms with Crippen molar-refractivity contribution in [2.45, 2.75) is 65.4 Å². The lowest BCUT2D eigenvalue weighted by Gasteiger charge is -2.13. The highest BCUT2D eigenvalue weighted by atomic mass is 16.3. The van der Waals surface area contributed by atoms with Gasteiger partial charge >= 0.3 is 0 Å². The van der Waals surface area contributed by atoms with Crippen LogP contribution in [-0.4, -0.2) is 18.2 Å². The second-order valence-corrected chi connectivity index (χ2v) is 6.45. The summed E-state index contributed by atoms with van der Waals surface area (Å²) in [5, 5.41) is 13.6. The molecule has 1 aromatic carbocycles. The number of nitrogens with one attached hydrogen (secondary N) is 1. The summed E-state index contributed by atoms with van der Waals surface area (Å²) in [6, 6.07) is 8.45. The molecule has 0 saturated heterocycles. The molecule has 0 bridgehead atoms. The molecule has 0 saturated carbocycles. The molecule has 1 atom stereocenters. The number of rotatable bonds is 11. The lowest BCUT2D eigenvalue weighted by molar-refractivity contribution is 0.167. The second-order valence-electron chi connectivity index (χ2n) is 6.45. The van der Waals surface area contributed by atoms with Crippen LogP contribution in [-0.2, 0) is 6.42 Å². The monoisotopic (exact) mass is 291 g/mol. The van der Waals surface area contributed by atoms with E-state index in [1.165, 1.54) is 31.2 Å². The molecule has 0 aromatic heterocycles. The summed E-state index contributed by atoms with van der Waals surface area (Å²) in [7, 11) is 0. The minimum absolute atomic E-state index is 0.346. The highest BCUT2D eigenvalue weighted by Crippen LogP contribution is 2.18. The smallest absolute Gasteiger partial charge is 0.0802 e. The van der Waals surface area contributed by atoms with E-state index in [2.05, 4.69) is 50.4 Å². The largest absolute Gasteiger partial charge is 0.388 e. The Bertz CT molecular complexity index is 358. The van der Waals surface area contributed by atoms with Gasteiger partial charge in [0.2, 0.25) is 0 Å². The van der Waals surface area contributed by atoms with Crippen LogP contribution in [0.4, 0.5) is 0 Å². The first-order chi connectivity index (χ1) is 10.1. The van der Waals surface area contributed by atoms with E-state index in [1.807, 2.05) is 0 Å². The van der Waals surface area contributed by atoms with E-state index < -0.39 is 0 Å². The maximum atomic E-state index is 10.2. The molecule has 0 aliphatic carbocycles. The minimum Gasteiger partial charge on any atom is -0.388 e. The summed E-state index contributed by atoms with van der Waals surface area (Å²) in [4.78, 5) is 0. The van der Waals surface area contributed by atoms with Gasteiger partial charge in [0, 0.05) is 0 Å². The Morgan fingerprint density at radius 2 is 1.71 bits per heavy atom. The van der Waals surface area contributed by atoms with Gasteiger partial charge in [-0.3, -0.25) is 0 Å². The van der Waals surface area contributed by atoms with Crippen molar-refractivity contribution in [3.05, 3.63) is 35.4 Å². The maximum Gasteiger partial charge on any atom is 0.0802 e. The minimum atomic E-state index is -0.346. The molecule has 0 heterocycles. The van der Waals surface area contributed by atoms with E-state index in [0.717, 1.165) is 31.5 Å². The van der Waals surface area contributed by atoms with Crippen LogP contribution in [0.5, 0.6) is 0 Å². The fourth-order valence-corrected chi connectivity index (χ4v) is 2.55. The van der Waals surface area contributed by atoms with Gasteiger partial charge in [-0.15, -0.1) is 0 Å². The molecular weight excluding hydrogens is 258 g/mol. The predicted octanol–water partition coefficient (Wildman–Crippen LogP) is 4.48. The van der Waals surface area contributed by atoms with Crippen molar-refractivity contribution in [2.75, 3.05) is 13.1 Å². The molecule has 1 unspecified atom stereocenters. The van der Waals surface area contributed by atoms with Crippen LogP contribution in [0.25, 0.3) is 0 Å². The van der Waals surface area contributed by atoms with Gasteiger partial charge in [0.1, 0.15) is 0 Å². The van der Waals surface area contributed by atoms with E-state index in [4.69, 9.17) is 0 Å². The summed E-state index contributed by atoms with van der Waals surface area (Å²) in [5.41, 5.74) is 2.39. The standard InChI is InChI=1S/C19H33NO/c1-4-5-6-7-13-20-14-12-19(21)18-10-8-17(9-11-18)15-16(2)3/h8-11,16,19-21H,4-7,12-15H2,1-3H3. The van der Waals surface area contributed by atoms with E-state index in [1.54, 1.807) is 0 Å². The second kappa shape index (κ2) is 10.8. The third-order valence-electron chi connectivity index (χ3n) is 3.81. The van der Waals surface area contributed by atoms with Crippen molar-refractivity contribution in [3.63, 3.8) is 0 Å². The van der Waals surface area contributed by atoms with Gasteiger partial charge in [0.15, 0.2) is 0 Å². The van der Waals surface area contributed by atoms with Crippen molar-refractivity contribution >= 4 is 0 Å². The Morgan fingerprint density at radius 3 is 2.33 bits per heavy atom. The number of aliphatic hydroxyl groups is 1. The molecule has 2 nitrogen and oxygen atoms in total. The Hall–Kier alpha value is -0.860. The zero-order chi connectivity index (χ0) is 15.5. The summed E-state index contributed by atoms with van der Waals surface area (Å²) in [6.07, 6.45) is 6.71. The molecule has 0 aliphatic heterocycles. The Labute approximate surface area is 131 Å². The molecule has 21 heavy (non-hydrogen) atoms. The molecule has 2 heteroatoms. The molecule has 0 radical (unpaired) electrons. The van der Waals surface area contributed by atoms with Crippen molar-refractivity contribution in [1.29, 1.82) is 0 Å². The molecule has 120 valence electrons. The summed E-state index contributed by atoms with van der Waals surface area (Å²) in [6.45, 7) is 8.65. The number of hydrogen-bond acceptors (Lipinski definition) is 2. The highest BCUT2D eigenvalue weighted by molar-refractivity contribution is 5.24. The molecule has 0 fully saturated rings. The number of hydrogen-bond donors (Lipinski definition) is 2. The van der Waals surface area contributed by atoms with Crippen LogP contribution in [0.15, 0.2) is 24.3 Å². The fraction of sp³-hybridized carbons (Fsp3) is 0.684. The Morgan fingerprint density at radius 1 is 1.00 bits per heavy atom. The predicted molar refractivity (Wildman–Crippen MR) is 91.6 cm³/mol. The van der Waals surface area contributed by atoms with E-state index >= 15 is 0 Å². The Kier molecular flexibility index (Phi) is 9.36. The van der Waals surface area contributed by atoms with Gasteiger partial charge in [-0.25, -0.2) is 0 Å². The van der Waals surface area contributed by atoms with Crippen molar-refractivity contribution in [3.8, 4) is 0 Å². The third kappa shape index (κ3) is 8.23. The molecule has 2 N–H and O–H groups in total. The molecule has 0 spiro atoms. The van der Waals surface area contributed by atoms with Crippen LogP contribution in [0, 0.1) is 5.92 Å². The third-order valence-corrected chi connectivity index (χ3v) is 3.81. The molecule has 0 aliphatic rings. The zero-order valence-corrected chi connectivity index (χ0v) is 14.1. The van der Waals surface area contributed by atoms with Gasteiger partial charge in [0.25, 0.3) is 0 Å². The van der Waals surface area contributed by atoms with Crippen LogP contribution >= 0.6 is 0 Å². The molecular formula is C19H33NO. The first kappa shape index (κ1) is 18.2. The lowest BCUT2D eigenvalue weighted by atomic mass is 9.99. The average molecular weight is 291 g/mol. The SMILES string of the molecule is CCCCCCNCCC(O)c1ccc(CC(C)C)cc1. The van der Waals surface area contributed by atoms with Gasteiger partial charge in [0.05, 0.1) is 6.10 Å². The van der Waals surface area contributed by atoms with Gasteiger partial charge in [-0.2, -0.15) is 0 Å². The summed E-state index contributed by atoms with van der Waals surface area (Å²) < 4.78 is 0. The molecule has 1 aromatic rings. The summed E-state index contributed by atoms with van der Waals surface area (Å²) >= 11 is 0. The van der Waals surface area contributed by atoms with Gasteiger partial charge in [-0.1, -0.05) is 64.3 Å². The lowest BCUT2D eigenvalue weighted by Crippen LogP contribution is -2.18. The van der Waals surface area contributed by atoms with Crippen LogP contribution < -0.4 is 5.32 Å². The topological polar surface area (TPSA) is 32.3 Å². The zero-order valence-electron chi connectivity index (χ0n) is 14.1. The quantitative estimate of drug-likeness (QED) is 0.589. The first-order valence-corrected chi connectivity index (χ1v) is 8.61. The van der Waals surface area contributed by atoms with Crippen molar-refractivity contribution in [1.82, 2.24) is 5.32 Å². The number of unbranched alkanes of at least 4 members (excludes halogenated alkanes) is 3. The average Bonchev–Trinajstić information content (AvgIpc) is 2.46. The van der Waals surface area contributed by atoms with Crippen LogP contribution in [0.3, 0.4) is 0 Å². The normalized spacial score (nSPS) is 12.8. The van der Waals surface area contributed by atoms with Gasteiger partial charge < -0.3 is 10.4 Å². The van der Waals surface area contributed by atoms with Crippen LogP contribution in [0.2, 0.25) is 0 Å². The van der Waals surface area contributed by atoms with E-state index in [9.17, 15) is 5.11 Å². The summed E-state index contributed by atoms with van der Waals surface area (Å²) in [5.74, 6) is 0.678. The van der Waals surface area contributed by atoms with Crippen molar-refractivity contribution in [2.24, 2.45) is 5.92 Å². The number of aliphatic hydroxyl groups excluding tert-OH is 1. The van der Waals surface area contributed by atoms with E-state index in [0.29, 0.717) is 5.92 Å². The van der Waals surface area contributed by atoms with Crippen molar-refractivity contribution < 1.29 is 5.11 Å². The number of benzene rings is 1.